The second kappa shape index (κ2) is 17.8. The van der Waals surface area contributed by atoms with E-state index in [0.29, 0.717) is 75.6 Å². The van der Waals surface area contributed by atoms with Crippen molar-refractivity contribution in [3.63, 3.8) is 0 Å². The summed E-state index contributed by atoms with van der Waals surface area (Å²) < 4.78 is 37.4. The van der Waals surface area contributed by atoms with E-state index in [9.17, 15) is 37.5 Å². The van der Waals surface area contributed by atoms with Crippen LogP contribution in [0.4, 0.5) is 26.0 Å². The van der Waals surface area contributed by atoms with Crippen LogP contribution >= 0.6 is 0 Å². The third-order valence-corrected chi connectivity index (χ3v) is 14.3. The van der Waals surface area contributed by atoms with Crippen LogP contribution in [0.5, 0.6) is 0 Å². The Morgan fingerprint density at radius 2 is 1.79 bits per heavy atom. The van der Waals surface area contributed by atoms with Gasteiger partial charge in [0.05, 0.1) is 47.8 Å². The van der Waals surface area contributed by atoms with Crippen LogP contribution in [0.3, 0.4) is 0 Å². The number of rotatable bonds is 13. The number of alkyl halides is 2. The lowest BCUT2D eigenvalue weighted by Crippen LogP contribution is -2.54. The van der Waals surface area contributed by atoms with Gasteiger partial charge in [0.15, 0.2) is 11.3 Å². The minimum absolute atomic E-state index is 0.0537. The van der Waals surface area contributed by atoms with Gasteiger partial charge in [0.25, 0.3) is 24.1 Å². The molecule has 3 N–H and O–H groups in total. The summed E-state index contributed by atoms with van der Waals surface area (Å²) in [4.78, 5) is 90.1. The quantitative estimate of drug-likeness (QED) is 0.130. The molecule has 66 heavy (non-hydrogen) atoms. The average Bonchev–Trinajstić information content (AvgIpc) is 4.18. The number of hydrogen-bond donors (Lipinski definition) is 3. The van der Waals surface area contributed by atoms with Crippen molar-refractivity contribution < 1.29 is 42.3 Å². The first kappa shape index (κ1) is 43.5. The van der Waals surface area contributed by atoms with Crippen molar-refractivity contribution in [1.29, 1.82) is 0 Å². The highest BCUT2D eigenvalue weighted by Crippen LogP contribution is 2.37. The fraction of sp³-hybridized carbons (Fsp3) is 0.533. The summed E-state index contributed by atoms with van der Waals surface area (Å²) in [5, 5.41) is 16.7. The van der Waals surface area contributed by atoms with Crippen LogP contribution in [0.25, 0.3) is 5.65 Å². The fourth-order valence-corrected chi connectivity index (χ4v) is 10.7. The lowest BCUT2D eigenvalue weighted by molar-refractivity contribution is -0.138. The Balaban J connectivity index is 0.680. The summed E-state index contributed by atoms with van der Waals surface area (Å²) in [6.45, 7) is 3.92. The normalized spacial score (nSPS) is 24.6. The number of imide groups is 2. The standard InChI is InChI=1S/C45H52F2N12O7/c1-54(16-3-15-48-32-5-2-4-30-37(32)45(65)59(44(30)64)34-10-11-36(60)52-42(34)62)26-12-17-55(18-13-26)43(63)25-6-8-27(9-7-25)58-23-33(38(53-58)39(46)47)50-41(61)31-21-49-57-19-14-35(51-40(31)57)56-22-29-20-28(56)24-66-29/h2,4-5,14,19,21,23,25-29,34,39,48H,3,6-13,15-18,20,22,24H2,1H3,(H,50,61)(H,52,60,62)/t25-,27-,28-,29-,34?/m1/s1. The predicted octanol–water partition coefficient (Wildman–Crippen LogP) is 3.65. The molecule has 4 saturated heterocycles. The summed E-state index contributed by atoms with van der Waals surface area (Å²) in [6.07, 6.45) is 7.65. The van der Waals surface area contributed by atoms with Gasteiger partial charge in [0, 0.05) is 62.6 Å². The SMILES string of the molecule is CN(CCCNc1cccc2c1C(=O)N(C1CCC(=O)NC1=O)C2=O)C1CCN(C(=O)[C@H]2CC[C@H](n3cc(NC(=O)c4cnn5ccc(N6C[C@H]7C[C@@H]6CO7)nc45)c(C(F)F)n3)CC2)CC1. The van der Waals surface area contributed by atoms with Crippen molar-refractivity contribution in [2.45, 2.75) is 101 Å². The molecule has 4 aromatic rings. The number of hydrogen-bond acceptors (Lipinski definition) is 13. The number of morpholine rings is 1. The van der Waals surface area contributed by atoms with Crippen molar-refractivity contribution >= 4 is 58.3 Å². The zero-order chi connectivity index (χ0) is 45.8. The van der Waals surface area contributed by atoms with Crippen LogP contribution in [0.15, 0.2) is 42.9 Å². The maximum absolute atomic E-state index is 14.3. The number of carbonyl (C=O) groups is 6. The Bertz CT molecular complexity index is 2580. The molecular formula is C45H52F2N12O7. The number of nitrogens with one attached hydrogen (secondary N) is 3. The van der Waals surface area contributed by atoms with Crippen molar-refractivity contribution in [2.75, 3.05) is 61.9 Å². The van der Waals surface area contributed by atoms with Gasteiger partial charge >= 0.3 is 0 Å². The maximum Gasteiger partial charge on any atom is 0.284 e. The molecule has 2 bridgehead atoms. The first-order valence-corrected chi connectivity index (χ1v) is 22.9. The van der Waals surface area contributed by atoms with Gasteiger partial charge < -0.3 is 30.1 Å². The van der Waals surface area contributed by atoms with Crippen molar-refractivity contribution in [3.05, 3.63) is 65.2 Å². The van der Waals surface area contributed by atoms with E-state index in [4.69, 9.17) is 9.72 Å². The zero-order valence-corrected chi connectivity index (χ0v) is 36.5. The number of carbonyl (C=O) groups excluding carboxylic acids is 6. The lowest BCUT2D eigenvalue weighted by atomic mass is 9.84. The molecule has 6 aliphatic rings. The van der Waals surface area contributed by atoms with Crippen LogP contribution in [0, 0.1) is 5.92 Å². The Morgan fingerprint density at radius 3 is 2.52 bits per heavy atom. The number of ether oxygens (including phenoxy) is 1. The molecule has 1 aliphatic carbocycles. The van der Waals surface area contributed by atoms with Gasteiger partial charge in [-0.15, -0.1) is 0 Å². The molecule has 0 spiro atoms. The van der Waals surface area contributed by atoms with E-state index in [1.54, 1.807) is 24.4 Å². The Labute approximate surface area is 378 Å². The molecule has 10 rings (SSSR count). The number of fused-ring (bicyclic) bond motifs is 4. The van der Waals surface area contributed by atoms with Gasteiger partial charge in [0.2, 0.25) is 17.7 Å². The van der Waals surface area contributed by atoms with Gasteiger partial charge in [-0.05, 0) is 89.6 Å². The molecule has 6 amide bonds. The van der Waals surface area contributed by atoms with Crippen molar-refractivity contribution in [2.24, 2.45) is 5.92 Å². The van der Waals surface area contributed by atoms with E-state index in [-0.39, 0.29) is 71.3 Å². The Hall–Kier alpha value is -6.35. The number of piperidine rings is 2. The molecule has 0 radical (unpaired) electrons. The molecule has 1 saturated carbocycles. The number of benzene rings is 1. The first-order chi connectivity index (χ1) is 31.9. The summed E-state index contributed by atoms with van der Waals surface area (Å²) >= 11 is 0. The van der Waals surface area contributed by atoms with E-state index in [1.165, 1.54) is 21.6 Å². The highest BCUT2D eigenvalue weighted by molar-refractivity contribution is 6.25. The molecular weight excluding hydrogens is 859 g/mol. The Morgan fingerprint density at radius 1 is 0.985 bits per heavy atom. The van der Waals surface area contributed by atoms with Gasteiger partial charge in [-0.25, -0.2) is 18.3 Å². The van der Waals surface area contributed by atoms with E-state index in [1.807, 2.05) is 11.0 Å². The second-order valence-corrected chi connectivity index (χ2v) is 18.3. The van der Waals surface area contributed by atoms with E-state index in [2.05, 4.69) is 43.0 Å². The molecule has 3 aromatic heterocycles. The number of likely N-dealkylation sites (tertiary alicyclic amines) is 1. The van der Waals surface area contributed by atoms with Gasteiger partial charge in [0.1, 0.15) is 17.4 Å². The summed E-state index contributed by atoms with van der Waals surface area (Å²) in [6, 6.07) is 6.13. The van der Waals surface area contributed by atoms with Crippen molar-refractivity contribution in [3.8, 4) is 0 Å². The minimum atomic E-state index is -2.92. The molecule has 5 aliphatic heterocycles. The van der Waals surface area contributed by atoms with Crippen LogP contribution in [0.1, 0.15) is 113 Å². The van der Waals surface area contributed by atoms with E-state index in [0.717, 1.165) is 37.1 Å². The highest BCUT2D eigenvalue weighted by atomic mass is 19.3. The average molecular weight is 911 g/mol. The Kier molecular flexibility index (Phi) is 11.7. The zero-order valence-electron chi connectivity index (χ0n) is 36.5. The molecule has 21 heteroatoms. The summed E-state index contributed by atoms with van der Waals surface area (Å²) in [5.41, 5.74) is 0.868. The highest BCUT2D eigenvalue weighted by Gasteiger charge is 2.46. The van der Waals surface area contributed by atoms with Crippen LogP contribution < -0.4 is 20.9 Å². The number of halogens is 2. The maximum atomic E-state index is 14.3. The molecule has 1 aromatic carbocycles. The van der Waals surface area contributed by atoms with Crippen molar-refractivity contribution in [1.82, 2.24) is 44.4 Å². The topological polar surface area (TPSA) is 209 Å². The van der Waals surface area contributed by atoms with E-state index < -0.39 is 47.7 Å². The number of anilines is 3. The minimum Gasteiger partial charge on any atom is -0.384 e. The molecule has 348 valence electrons. The number of amides is 6. The molecule has 5 fully saturated rings. The van der Waals surface area contributed by atoms with Gasteiger partial charge in [-0.1, -0.05) is 6.07 Å². The van der Waals surface area contributed by atoms with Crippen LogP contribution in [-0.2, 0) is 19.1 Å². The van der Waals surface area contributed by atoms with E-state index >= 15 is 0 Å². The third-order valence-electron chi connectivity index (χ3n) is 14.3. The van der Waals surface area contributed by atoms with Crippen LogP contribution in [0.2, 0.25) is 0 Å². The van der Waals surface area contributed by atoms with Gasteiger partial charge in [-0.2, -0.15) is 10.2 Å². The second-order valence-electron chi connectivity index (χ2n) is 18.3. The molecule has 8 heterocycles. The molecule has 3 atom stereocenters. The number of nitrogens with zero attached hydrogens (tertiary/aromatic N) is 9. The smallest absolute Gasteiger partial charge is 0.284 e. The summed E-state index contributed by atoms with van der Waals surface area (Å²) in [7, 11) is 2.07. The lowest BCUT2D eigenvalue weighted by Gasteiger charge is -2.39. The monoisotopic (exact) mass is 910 g/mol. The summed E-state index contributed by atoms with van der Waals surface area (Å²) in [5.74, 6) is -2.12. The third kappa shape index (κ3) is 8.15. The predicted molar refractivity (Wildman–Crippen MR) is 233 cm³/mol. The van der Waals surface area contributed by atoms with Gasteiger partial charge in [-0.3, -0.25) is 43.7 Å². The first-order valence-electron chi connectivity index (χ1n) is 22.9. The molecule has 19 nitrogen and oxygen atoms in total. The largest absolute Gasteiger partial charge is 0.384 e. The van der Waals surface area contributed by atoms with Crippen LogP contribution in [-0.4, -0.2) is 145 Å². The fourth-order valence-electron chi connectivity index (χ4n) is 10.7. The number of aromatic nitrogens is 5. The molecule has 1 unspecified atom stereocenters.